The number of hydrogen-bond donors (Lipinski definition) is 1. The molecule has 4 heteroatoms. The van der Waals surface area contributed by atoms with E-state index < -0.39 is 0 Å². The van der Waals surface area contributed by atoms with E-state index in [1.807, 2.05) is 0 Å². The molecule has 0 bridgehead atoms. The third-order valence-corrected chi connectivity index (χ3v) is 5.75. The summed E-state index contributed by atoms with van der Waals surface area (Å²) in [7, 11) is 2.07. The molecular formula is C16H20BrNO2. The predicted molar refractivity (Wildman–Crippen MR) is 81.3 cm³/mol. The third-order valence-electron chi connectivity index (χ3n) is 5.06. The summed E-state index contributed by atoms with van der Waals surface area (Å²) in [6, 6.07) is 4.63. The summed E-state index contributed by atoms with van der Waals surface area (Å²) in [5, 5.41) is 3.52. The summed E-state index contributed by atoms with van der Waals surface area (Å²) >= 11 is 3.71. The lowest BCUT2D eigenvalue weighted by atomic mass is 9.89. The molecule has 1 aliphatic heterocycles. The molecule has 3 nitrogen and oxygen atoms in total. The second-order valence-corrected chi connectivity index (χ2v) is 7.13. The Morgan fingerprint density at radius 2 is 1.75 bits per heavy atom. The van der Waals surface area contributed by atoms with Gasteiger partial charge in [0.15, 0.2) is 11.5 Å². The van der Waals surface area contributed by atoms with Crippen molar-refractivity contribution in [1.82, 2.24) is 5.32 Å². The van der Waals surface area contributed by atoms with Crippen molar-refractivity contribution in [3.63, 3.8) is 0 Å². The van der Waals surface area contributed by atoms with Crippen molar-refractivity contribution in [2.24, 2.45) is 17.8 Å². The Morgan fingerprint density at radius 3 is 2.40 bits per heavy atom. The molecule has 2 saturated carbocycles. The minimum Gasteiger partial charge on any atom is -0.486 e. The monoisotopic (exact) mass is 337 g/mol. The largest absolute Gasteiger partial charge is 0.486 e. The van der Waals surface area contributed by atoms with Gasteiger partial charge in [0, 0.05) is 10.5 Å². The zero-order chi connectivity index (χ0) is 13.7. The highest BCUT2D eigenvalue weighted by Gasteiger charge is 2.48. The van der Waals surface area contributed by atoms with Crippen LogP contribution in [0.5, 0.6) is 11.5 Å². The quantitative estimate of drug-likeness (QED) is 0.915. The molecule has 0 saturated heterocycles. The van der Waals surface area contributed by atoms with Gasteiger partial charge in [-0.15, -0.1) is 0 Å². The molecule has 1 heterocycles. The van der Waals surface area contributed by atoms with E-state index in [4.69, 9.17) is 9.47 Å². The van der Waals surface area contributed by atoms with E-state index in [1.165, 1.54) is 24.8 Å². The first kappa shape index (κ1) is 13.0. The molecule has 1 aromatic rings. The van der Waals surface area contributed by atoms with Gasteiger partial charge in [-0.3, -0.25) is 0 Å². The molecule has 108 valence electrons. The molecule has 20 heavy (non-hydrogen) atoms. The fraction of sp³-hybridized carbons (Fsp3) is 0.625. The van der Waals surface area contributed by atoms with Gasteiger partial charge in [-0.1, -0.05) is 15.9 Å². The van der Waals surface area contributed by atoms with E-state index in [9.17, 15) is 0 Å². The van der Waals surface area contributed by atoms with Gasteiger partial charge in [0.1, 0.15) is 13.2 Å². The standard InChI is InChI=1S/C16H20BrNO2/c1-18-16(11-5-9-4-10(9)6-11)12-7-14-15(8-13(12)17)20-3-2-19-14/h7-11,16,18H,2-6H2,1H3. The predicted octanol–water partition coefficient (Wildman–Crippen LogP) is 3.53. The molecule has 0 amide bonds. The van der Waals surface area contributed by atoms with Crippen molar-refractivity contribution in [1.29, 1.82) is 0 Å². The molecule has 3 atom stereocenters. The van der Waals surface area contributed by atoms with Crippen LogP contribution in [0.4, 0.5) is 0 Å². The Labute approximate surface area is 128 Å². The van der Waals surface area contributed by atoms with Crippen molar-refractivity contribution in [2.45, 2.75) is 25.3 Å². The second-order valence-electron chi connectivity index (χ2n) is 6.27. The molecule has 4 rings (SSSR count). The number of benzene rings is 1. The van der Waals surface area contributed by atoms with Crippen molar-refractivity contribution in [2.75, 3.05) is 20.3 Å². The zero-order valence-electron chi connectivity index (χ0n) is 11.7. The SMILES string of the molecule is CNC(c1cc2c(cc1Br)OCCO2)C1CC2CC2C1. The number of nitrogens with one attached hydrogen (secondary N) is 1. The summed E-state index contributed by atoms with van der Waals surface area (Å²) < 4.78 is 12.5. The Bertz CT molecular complexity index is 523. The smallest absolute Gasteiger partial charge is 0.162 e. The normalized spacial score (nSPS) is 31.8. The highest BCUT2D eigenvalue weighted by molar-refractivity contribution is 9.10. The molecular weight excluding hydrogens is 318 g/mol. The second kappa shape index (κ2) is 4.92. The maximum Gasteiger partial charge on any atom is 0.162 e. The van der Waals surface area contributed by atoms with Crippen LogP contribution in [0.3, 0.4) is 0 Å². The number of rotatable bonds is 3. The summed E-state index contributed by atoms with van der Waals surface area (Å²) in [5.74, 6) is 4.51. The average molecular weight is 338 g/mol. The molecule has 2 aliphatic carbocycles. The van der Waals surface area contributed by atoms with Crippen molar-refractivity contribution < 1.29 is 9.47 Å². The van der Waals surface area contributed by atoms with Gasteiger partial charge in [-0.05, 0) is 61.8 Å². The first-order chi connectivity index (χ1) is 9.76. The number of fused-ring (bicyclic) bond motifs is 2. The molecule has 0 aromatic heterocycles. The zero-order valence-corrected chi connectivity index (χ0v) is 13.3. The first-order valence-electron chi connectivity index (χ1n) is 7.52. The summed E-state index contributed by atoms with van der Waals surface area (Å²) in [5.41, 5.74) is 1.31. The van der Waals surface area contributed by atoms with Crippen molar-refractivity contribution in [3.8, 4) is 11.5 Å². The van der Waals surface area contributed by atoms with Gasteiger partial charge in [-0.2, -0.15) is 0 Å². The summed E-state index contributed by atoms with van der Waals surface area (Å²) in [6.07, 6.45) is 4.21. The van der Waals surface area contributed by atoms with E-state index in [1.54, 1.807) is 0 Å². The molecule has 0 radical (unpaired) electrons. The molecule has 3 unspecified atom stereocenters. The Hall–Kier alpha value is -0.740. The molecule has 3 aliphatic rings. The van der Waals surface area contributed by atoms with E-state index in [-0.39, 0.29) is 0 Å². The van der Waals surface area contributed by atoms with Crippen LogP contribution < -0.4 is 14.8 Å². The Morgan fingerprint density at radius 1 is 1.10 bits per heavy atom. The van der Waals surface area contributed by atoms with Crippen LogP contribution in [0, 0.1) is 17.8 Å². The van der Waals surface area contributed by atoms with Crippen LogP contribution >= 0.6 is 15.9 Å². The van der Waals surface area contributed by atoms with Crippen LogP contribution in [-0.2, 0) is 0 Å². The topological polar surface area (TPSA) is 30.5 Å². The number of ether oxygens (including phenoxy) is 2. The molecule has 2 fully saturated rings. The minimum absolute atomic E-state index is 0.410. The Balaban J connectivity index is 1.65. The average Bonchev–Trinajstić information content (AvgIpc) is 3.07. The maximum absolute atomic E-state index is 5.73. The van der Waals surface area contributed by atoms with E-state index in [0.29, 0.717) is 19.3 Å². The highest BCUT2D eigenvalue weighted by atomic mass is 79.9. The van der Waals surface area contributed by atoms with Gasteiger partial charge < -0.3 is 14.8 Å². The fourth-order valence-corrected chi connectivity index (χ4v) is 4.57. The van der Waals surface area contributed by atoms with Gasteiger partial charge in [0.25, 0.3) is 0 Å². The van der Waals surface area contributed by atoms with Gasteiger partial charge in [0.05, 0.1) is 0 Å². The summed E-state index contributed by atoms with van der Waals surface area (Å²) in [6.45, 7) is 1.28. The highest BCUT2D eigenvalue weighted by Crippen LogP contribution is 2.57. The van der Waals surface area contributed by atoms with E-state index in [0.717, 1.165) is 33.7 Å². The lowest BCUT2D eigenvalue weighted by molar-refractivity contribution is 0.171. The Kier molecular flexibility index (Phi) is 3.19. The molecule has 0 spiro atoms. The van der Waals surface area contributed by atoms with Crippen LogP contribution in [0.2, 0.25) is 0 Å². The van der Waals surface area contributed by atoms with Crippen LogP contribution in [0.25, 0.3) is 0 Å². The van der Waals surface area contributed by atoms with Crippen molar-refractivity contribution >= 4 is 15.9 Å². The first-order valence-corrected chi connectivity index (χ1v) is 8.32. The molecule has 1 aromatic carbocycles. The summed E-state index contributed by atoms with van der Waals surface area (Å²) in [4.78, 5) is 0. The minimum atomic E-state index is 0.410. The van der Waals surface area contributed by atoms with E-state index >= 15 is 0 Å². The van der Waals surface area contributed by atoms with Crippen molar-refractivity contribution in [3.05, 3.63) is 22.2 Å². The fourth-order valence-electron chi connectivity index (χ4n) is 4.00. The van der Waals surface area contributed by atoms with Gasteiger partial charge >= 0.3 is 0 Å². The lowest BCUT2D eigenvalue weighted by Gasteiger charge is -2.28. The van der Waals surface area contributed by atoms with Crippen LogP contribution in [0.1, 0.15) is 30.9 Å². The molecule has 1 N–H and O–H groups in total. The van der Waals surface area contributed by atoms with Crippen LogP contribution in [-0.4, -0.2) is 20.3 Å². The maximum atomic E-state index is 5.73. The number of hydrogen-bond acceptors (Lipinski definition) is 3. The van der Waals surface area contributed by atoms with Gasteiger partial charge in [-0.25, -0.2) is 0 Å². The van der Waals surface area contributed by atoms with Gasteiger partial charge in [0.2, 0.25) is 0 Å². The van der Waals surface area contributed by atoms with E-state index in [2.05, 4.69) is 40.4 Å². The van der Waals surface area contributed by atoms with Crippen LogP contribution in [0.15, 0.2) is 16.6 Å². The number of halogens is 1. The lowest BCUT2D eigenvalue weighted by Crippen LogP contribution is -2.25. The third kappa shape index (κ3) is 2.13.